The second-order valence-corrected chi connectivity index (χ2v) is 6.84. The average Bonchev–Trinajstić information content (AvgIpc) is 3.10. The highest BCUT2D eigenvalue weighted by molar-refractivity contribution is 6.46. The lowest BCUT2D eigenvalue weighted by molar-refractivity contribution is -0.119. The van der Waals surface area contributed by atoms with E-state index < -0.39 is 18.5 Å². The van der Waals surface area contributed by atoms with Crippen molar-refractivity contribution in [1.29, 1.82) is 0 Å². The smallest absolute Gasteiger partial charge is 0.341 e. The minimum atomic E-state index is -0.912. The number of amides is 1. The maximum Gasteiger partial charge on any atom is 0.341 e. The standard InChI is InChI=1S/C18H12Cl3NO6/c1-8(23)9-4-13-14(28-7-27-13)5-12(9)22-15(24)6-26-18(25)16-10(19)2-3-11(20)17(16)21/h2-5H,6-7H2,1H3,(H,22,24). The van der Waals surface area contributed by atoms with Crippen LogP contribution < -0.4 is 14.8 Å². The molecule has 0 aromatic heterocycles. The summed E-state index contributed by atoms with van der Waals surface area (Å²) in [5.74, 6) is -1.09. The molecular formula is C18H12Cl3NO6. The second-order valence-electron chi connectivity index (χ2n) is 5.65. The van der Waals surface area contributed by atoms with Crippen LogP contribution in [-0.4, -0.2) is 31.1 Å². The number of esters is 1. The molecule has 0 radical (unpaired) electrons. The number of halogens is 3. The number of hydrogen-bond acceptors (Lipinski definition) is 6. The van der Waals surface area contributed by atoms with Crippen molar-refractivity contribution in [2.24, 2.45) is 0 Å². The van der Waals surface area contributed by atoms with Crippen molar-refractivity contribution in [2.45, 2.75) is 6.92 Å². The highest BCUT2D eigenvalue weighted by Gasteiger charge is 2.22. The van der Waals surface area contributed by atoms with Crippen LogP contribution in [0.5, 0.6) is 11.5 Å². The van der Waals surface area contributed by atoms with Crippen LogP contribution >= 0.6 is 34.8 Å². The number of ketones is 1. The van der Waals surface area contributed by atoms with Crippen molar-refractivity contribution >= 4 is 58.1 Å². The van der Waals surface area contributed by atoms with E-state index in [1.807, 2.05) is 0 Å². The molecule has 1 amide bonds. The molecule has 1 aliphatic heterocycles. The van der Waals surface area contributed by atoms with E-state index >= 15 is 0 Å². The number of fused-ring (bicyclic) bond motifs is 1. The first-order valence-electron chi connectivity index (χ1n) is 7.83. The maximum absolute atomic E-state index is 12.2. The first-order chi connectivity index (χ1) is 13.3. The van der Waals surface area contributed by atoms with E-state index in [4.69, 9.17) is 49.0 Å². The van der Waals surface area contributed by atoms with E-state index in [-0.39, 0.29) is 44.5 Å². The zero-order chi connectivity index (χ0) is 20.4. The van der Waals surface area contributed by atoms with E-state index in [2.05, 4.69) is 5.32 Å². The molecule has 7 nitrogen and oxygen atoms in total. The van der Waals surface area contributed by atoms with Crippen molar-refractivity contribution < 1.29 is 28.6 Å². The average molecular weight is 445 g/mol. The van der Waals surface area contributed by atoms with Gasteiger partial charge in [-0.3, -0.25) is 9.59 Å². The van der Waals surface area contributed by atoms with Gasteiger partial charge in [-0.25, -0.2) is 4.79 Å². The highest BCUT2D eigenvalue weighted by Crippen LogP contribution is 2.37. The second kappa shape index (κ2) is 8.26. The molecule has 0 fully saturated rings. The Hall–Kier alpha value is -2.48. The summed E-state index contributed by atoms with van der Waals surface area (Å²) in [6, 6.07) is 5.75. The molecule has 2 aromatic carbocycles. The van der Waals surface area contributed by atoms with Crippen molar-refractivity contribution in [3.63, 3.8) is 0 Å². The van der Waals surface area contributed by atoms with E-state index in [9.17, 15) is 14.4 Å². The normalized spacial score (nSPS) is 11.9. The lowest BCUT2D eigenvalue weighted by Gasteiger charge is -2.12. The Labute approximate surface area is 174 Å². The molecule has 0 spiro atoms. The summed E-state index contributed by atoms with van der Waals surface area (Å²) in [7, 11) is 0. The molecule has 3 rings (SSSR count). The fourth-order valence-electron chi connectivity index (χ4n) is 2.44. The van der Waals surface area contributed by atoms with Crippen LogP contribution in [-0.2, 0) is 9.53 Å². The van der Waals surface area contributed by atoms with Gasteiger partial charge >= 0.3 is 5.97 Å². The quantitative estimate of drug-likeness (QED) is 0.418. The van der Waals surface area contributed by atoms with Gasteiger partial charge in [-0.15, -0.1) is 0 Å². The molecule has 0 saturated heterocycles. The Kier molecular flexibility index (Phi) is 5.98. The Morgan fingerprint density at radius 2 is 1.71 bits per heavy atom. The van der Waals surface area contributed by atoms with E-state index in [0.29, 0.717) is 11.5 Å². The first kappa shape index (κ1) is 20.3. The SMILES string of the molecule is CC(=O)c1cc2c(cc1NC(=O)COC(=O)c1c(Cl)ccc(Cl)c1Cl)OCO2. The van der Waals surface area contributed by atoms with Gasteiger partial charge in [0.25, 0.3) is 5.91 Å². The van der Waals surface area contributed by atoms with E-state index in [0.717, 1.165) is 0 Å². The molecule has 0 atom stereocenters. The van der Waals surface area contributed by atoms with Gasteiger partial charge in [0, 0.05) is 11.6 Å². The van der Waals surface area contributed by atoms with Crippen molar-refractivity contribution in [2.75, 3.05) is 18.7 Å². The van der Waals surface area contributed by atoms with Gasteiger partial charge in [-0.05, 0) is 25.1 Å². The fourth-order valence-corrected chi connectivity index (χ4v) is 3.12. The third-order valence-electron chi connectivity index (χ3n) is 3.75. The van der Waals surface area contributed by atoms with Gasteiger partial charge in [0.2, 0.25) is 6.79 Å². The number of benzene rings is 2. The molecule has 10 heteroatoms. The molecule has 0 aliphatic carbocycles. The third kappa shape index (κ3) is 4.16. The number of nitrogens with one attached hydrogen (secondary N) is 1. The first-order valence-corrected chi connectivity index (χ1v) is 8.96. The number of carbonyl (C=O) groups is 3. The zero-order valence-corrected chi connectivity index (χ0v) is 16.6. The number of Topliss-reactive ketones (excluding diaryl/α,β-unsaturated/α-hetero) is 1. The Balaban J connectivity index is 1.71. The Morgan fingerprint density at radius 3 is 2.39 bits per heavy atom. The van der Waals surface area contributed by atoms with Gasteiger partial charge in [0.05, 0.1) is 26.3 Å². The number of hydrogen-bond donors (Lipinski definition) is 1. The van der Waals surface area contributed by atoms with Crippen LogP contribution in [0.25, 0.3) is 0 Å². The maximum atomic E-state index is 12.2. The summed E-state index contributed by atoms with van der Waals surface area (Å²) in [5, 5.41) is 2.59. The van der Waals surface area contributed by atoms with Crippen LogP contribution in [0.2, 0.25) is 15.1 Å². The predicted molar refractivity (Wildman–Crippen MR) is 103 cm³/mol. The summed E-state index contributed by atoms with van der Waals surface area (Å²) in [5.41, 5.74) is 0.289. The van der Waals surface area contributed by atoms with Crippen LogP contribution in [0.3, 0.4) is 0 Å². The Bertz CT molecular complexity index is 992. The van der Waals surface area contributed by atoms with Gasteiger partial charge in [-0.1, -0.05) is 34.8 Å². The summed E-state index contributed by atoms with van der Waals surface area (Å²) >= 11 is 17.8. The summed E-state index contributed by atoms with van der Waals surface area (Å²) < 4.78 is 15.4. The van der Waals surface area contributed by atoms with Crippen LogP contribution in [0.1, 0.15) is 27.6 Å². The van der Waals surface area contributed by atoms with Crippen molar-refractivity contribution in [3.05, 3.63) is 50.5 Å². The van der Waals surface area contributed by atoms with Crippen molar-refractivity contribution in [1.82, 2.24) is 0 Å². The molecule has 1 N–H and O–H groups in total. The number of carbonyl (C=O) groups excluding carboxylic acids is 3. The van der Waals surface area contributed by atoms with E-state index in [1.54, 1.807) is 0 Å². The van der Waals surface area contributed by atoms with Gasteiger partial charge in [-0.2, -0.15) is 0 Å². The minimum absolute atomic E-state index is 0.0167. The molecule has 0 saturated carbocycles. The molecule has 1 aliphatic rings. The van der Waals surface area contributed by atoms with Crippen LogP contribution in [0, 0.1) is 0 Å². The molecule has 146 valence electrons. The van der Waals surface area contributed by atoms with Gasteiger partial charge < -0.3 is 19.5 Å². The number of anilines is 1. The van der Waals surface area contributed by atoms with Crippen molar-refractivity contribution in [3.8, 4) is 11.5 Å². The summed E-state index contributed by atoms with van der Waals surface area (Å²) in [4.78, 5) is 36.2. The molecule has 2 aromatic rings. The summed E-state index contributed by atoms with van der Waals surface area (Å²) in [6.07, 6.45) is 0. The van der Waals surface area contributed by atoms with Crippen LogP contribution in [0.4, 0.5) is 5.69 Å². The Morgan fingerprint density at radius 1 is 1.07 bits per heavy atom. The molecule has 0 bridgehead atoms. The summed E-state index contributed by atoms with van der Waals surface area (Å²) in [6.45, 7) is 0.725. The number of ether oxygens (including phenoxy) is 3. The number of rotatable bonds is 5. The van der Waals surface area contributed by atoms with Gasteiger partial charge in [0.1, 0.15) is 0 Å². The van der Waals surface area contributed by atoms with Crippen LogP contribution in [0.15, 0.2) is 24.3 Å². The fraction of sp³-hybridized carbons (Fsp3) is 0.167. The molecular weight excluding hydrogens is 433 g/mol. The lowest BCUT2D eigenvalue weighted by Crippen LogP contribution is -2.22. The van der Waals surface area contributed by atoms with E-state index in [1.165, 1.54) is 31.2 Å². The molecule has 0 unspecified atom stereocenters. The topological polar surface area (TPSA) is 90.9 Å². The zero-order valence-electron chi connectivity index (χ0n) is 14.3. The predicted octanol–water partition coefficient (Wildman–Crippen LogP) is 4.37. The highest BCUT2D eigenvalue weighted by atomic mass is 35.5. The molecule has 28 heavy (non-hydrogen) atoms. The lowest BCUT2D eigenvalue weighted by atomic mass is 10.1. The minimum Gasteiger partial charge on any atom is -0.454 e. The largest absolute Gasteiger partial charge is 0.454 e. The third-order valence-corrected chi connectivity index (χ3v) is 4.87. The molecule has 1 heterocycles. The monoisotopic (exact) mass is 443 g/mol. The van der Waals surface area contributed by atoms with Gasteiger partial charge in [0.15, 0.2) is 23.9 Å².